The van der Waals surface area contributed by atoms with Gasteiger partial charge in [0.05, 0.1) is 0 Å². The number of Topliss-reactive ketones (excluding diaryl/α,β-unsaturated/α-hetero) is 1. The van der Waals surface area contributed by atoms with Gasteiger partial charge in [-0.1, -0.05) is 64.2 Å². The molecule has 1 rings (SSSR count). The highest BCUT2D eigenvalue weighted by Gasteiger charge is 2.25. The summed E-state index contributed by atoms with van der Waals surface area (Å²) >= 11 is 0. The Morgan fingerprint density at radius 1 is 0.720 bits per heavy atom. The third-order valence-corrected chi connectivity index (χ3v) is 5.00. The molecule has 1 aliphatic heterocycles. The van der Waals surface area contributed by atoms with Crippen molar-refractivity contribution in [3.8, 4) is 0 Å². The molecule has 1 aliphatic rings. The molecule has 0 saturated carbocycles. The van der Waals surface area contributed by atoms with Crippen molar-refractivity contribution in [1.29, 1.82) is 0 Å². The fourth-order valence-electron chi connectivity index (χ4n) is 3.32. The zero-order valence-electron chi connectivity index (χ0n) is 16.1. The number of hydrogen-bond acceptors (Lipinski definition) is 3. The van der Waals surface area contributed by atoms with Crippen molar-refractivity contribution < 1.29 is 14.4 Å². The maximum Gasteiger partial charge on any atom is 0.254 e. The lowest BCUT2D eigenvalue weighted by Crippen LogP contribution is -2.22. The molecule has 0 aromatic heterocycles. The van der Waals surface area contributed by atoms with Gasteiger partial charge in [-0.15, -0.1) is 0 Å². The second kappa shape index (κ2) is 12.8. The minimum Gasteiger partial charge on any atom is -0.300 e. The molecule has 25 heavy (non-hydrogen) atoms. The Morgan fingerprint density at radius 3 is 1.56 bits per heavy atom. The molecule has 142 valence electrons. The monoisotopic (exact) mass is 349 g/mol. The number of carbonyl (C=O) groups excluding carboxylic acids is 3. The first kappa shape index (κ1) is 21.6. The normalized spacial score (nSPS) is 14.3. The number of carbonyl (C=O) groups is 3. The van der Waals surface area contributed by atoms with Crippen molar-refractivity contribution in [2.45, 2.75) is 104 Å². The lowest BCUT2D eigenvalue weighted by atomic mass is 10.0. The predicted octanol–water partition coefficient (Wildman–Crippen LogP) is 5.01. The van der Waals surface area contributed by atoms with E-state index >= 15 is 0 Å². The molecule has 0 atom stereocenters. The number of unbranched alkanes of at least 4 members (excludes halogenated alkanes) is 11. The van der Waals surface area contributed by atoms with E-state index in [1.807, 2.05) is 0 Å². The SMILES string of the molecule is CC(=O)CCCCCCCCCCCCCCC1=C(C)C(=O)NC1=O. The molecular formula is C21H35NO3. The Balaban J connectivity index is 1.84. The molecule has 4 heteroatoms. The van der Waals surface area contributed by atoms with E-state index < -0.39 is 0 Å². The van der Waals surface area contributed by atoms with Crippen LogP contribution in [0, 0.1) is 0 Å². The Morgan fingerprint density at radius 2 is 1.16 bits per heavy atom. The number of imide groups is 1. The molecule has 1 heterocycles. The molecule has 4 nitrogen and oxygen atoms in total. The summed E-state index contributed by atoms with van der Waals surface area (Å²) in [5.74, 6) is -0.102. The summed E-state index contributed by atoms with van der Waals surface area (Å²) in [6.07, 6.45) is 16.1. The first-order valence-corrected chi connectivity index (χ1v) is 10.1. The minimum absolute atomic E-state index is 0.191. The zero-order valence-corrected chi connectivity index (χ0v) is 16.1. The topological polar surface area (TPSA) is 63.2 Å². The van der Waals surface area contributed by atoms with Gasteiger partial charge in [-0.3, -0.25) is 14.9 Å². The lowest BCUT2D eigenvalue weighted by Gasteiger charge is -2.04. The highest BCUT2D eigenvalue weighted by molar-refractivity contribution is 6.19. The fraction of sp³-hybridized carbons (Fsp3) is 0.762. The smallest absolute Gasteiger partial charge is 0.254 e. The minimum atomic E-state index is -0.223. The van der Waals surface area contributed by atoms with Gasteiger partial charge in [0.1, 0.15) is 5.78 Å². The van der Waals surface area contributed by atoms with Crippen molar-refractivity contribution in [1.82, 2.24) is 5.32 Å². The van der Waals surface area contributed by atoms with Crippen molar-refractivity contribution in [3.63, 3.8) is 0 Å². The van der Waals surface area contributed by atoms with E-state index in [9.17, 15) is 14.4 Å². The molecule has 0 aromatic carbocycles. The van der Waals surface area contributed by atoms with Crippen LogP contribution in [0.25, 0.3) is 0 Å². The van der Waals surface area contributed by atoms with Crippen LogP contribution in [0.3, 0.4) is 0 Å². The van der Waals surface area contributed by atoms with E-state index in [-0.39, 0.29) is 11.8 Å². The third kappa shape index (κ3) is 9.57. The number of rotatable bonds is 15. The van der Waals surface area contributed by atoms with Crippen LogP contribution in [0.15, 0.2) is 11.1 Å². The highest BCUT2D eigenvalue weighted by atomic mass is 16.2. The van der Waals surface area contributed by atoms with Gasteiger partial charge in [0.15, 0.2) is 0 Å². The predicted molar refractivity (Wildman–Crippen MR) is 101 cm³/mol. The van der Waals surface area contributed by atoms with Crippen LogP contribution in [0.2, 0.25) is 0 Å². The van der Waals surface area contributed by atoms with Gasteiger partial charge in [0.2, 0.25) is 0 Å². The summed E-state index contributed by atoms with van der Waals surface area (Å²) in [5, 5.41) is 2.35. The average molecular weight is 350 g/mol. The van der Waals surface area contributed by atoms with E-state index in [1.165, 1.54) is 57.8 Å². The molecule has 0 aromatic rings. The van der Waals surface area contributed by atoms with E-state index in [2.05, 4.69) is 5.32 Å². The molecule has 0 spiro atoms. The van der Waals surface area contributed by atoms with Crippen LogP contribution in [-0.4, -0.2) is 17.6 Å². The largest absolute Gasteiger partial charge is 0.300 e. The Labute approximate surface area is 152 Å². The molecule has 0 unspecified atom stereocenters. The number of ketones is 1. The van der Waals surface area contributed by atoms with Gasteiger partial charge in [0.25, 0.3) is 11.8 Å². The number of amides is 2. The molecule has 0 fully saturated rings. The summed E-state index contributed by atoms with van der Waals surface area (Å²) in [6.45, 7) is 3.41. The Kier molecular flexibility index (Phi) is 11.1. The van der Waals surface area contributed by atoms with E-state index in [1.54, 1.807) is 13.8 Å². The van der Waals surface area contributed by atoms with Crippen molar-refractivity contribution in [2.75, 3.05) is 0 Å². The van der Waals surface area contributed by atoms with Crippen LogP contribution in [-0.2, 0) is 14.4 Å². The molecule has 0 aliphatic carbocycles. The molecule has 0 radical (unpaired) electrons. The van der Waals surface area contributed by atoms with Crippen molar-refractivity contribution in [2.24, 2.45) is 0 Å². The lowest BCUT2D eigenvalue weighted by molar-refractivity contribution is -0.124. The quantitative estimate of drug-likeness (QED) is 0.334. The van der Waals surface area contributed by atoms with Gasteiger partial charge in [-0.25, -0.2) is 0 Å². The molecular weight excluding hydrogens is 314 g/mol. The van der Waals surface area contributed by atoms with Crippen LogP contribution in [0.1, 0.15) is 104 Å². The standard InChI is InChI=1S/C21H35NO3/c1-17(23)15-13-11-9-7-5-3-4-6-8-10-12-14-16-19-18(2)20(24)22-21(19)25/h3-16H2,1-2H3,(H,22,24,25). The van der Waals surface area contributed by atoms with Gasteiger partial charge in [-0.2, -0.15) is 0 Å². The molecule has 1 N–H and O–H groups in total. The molecule has 0 bridgehead atoms. The molecule has 0 saturated heterocycles. The van der Waals surface area contributed by atoms with Crippen LogP contribution in [0.5, 0.6) is 0 Å². The maximum absolute atomic E-state index is 11.6. The molecule has 2 amide bonds. The van der Waals surface area contributed by atoms with E-state index in [0.717, 1.165) is 32.1 Å². The third-order valence-electron chi connectivity index (χ3n) is 5.00. The number of hydrogen-bond donors (Lipinski definition) is 1. The average Bonchev–Trinajstić information content (AvgIpc) is 2.80. The summed E-state index contributed by atoms with van der Waals surface area (Å²) in [6, 6.07) is 0. The summed E-state index contributed by atoms with van der Waals surface area (Å²) in [4.78, 5) is 33.7. The van der Waals surface area contributed by atoms with Crippen molar-refractivity contribution in [3.05, 3.63) is 11.1 Å². The zero-order chi connectivity index (χ0) is 18.5. The Hall–Kier alpha value is -1.45. The van der Waals surface area contributed by atoms with Crippen molar-refractivity contribution >= 4 is 17.6 Å². The second-order valence-electron chi connectivity index (χ2n) is 7.33. The Bertz CT molecular complexity index is 480. The fourth-order valence-corrected chi connectivity index (χ4v) is 3.32. The van der Waals surface area contributed by atoms with Gasteiger partial charge in [0, 0.05) is 17.6 Å². The second-order valence-corrected chi connectivity index (χ2v) is 7.33. The van der Waals surface area contributed by atoms with Crippen LogP contribution < -0.4 is 5.32 Å². The van der Waals surface area contributed by atoms with Gasteiger partial charge >= 0.3 is 0 Å². The summed E-state index contributed by atoms with van der Waals surface area (Å²) in [7, 11) is 0. The van der Waals surface area contributed by atoms with E-state index in [4.69, 9.17) is 0 Å². The first-order chi connectivity index (χ1) is 12.0. The van der Waals surface area contributed by atoms with Crippen LogP contribution >= 0.6 is 0 Å². The van der Waals surface area contributed by atoms with E-state index in [0.29, 0.717) is 16.9 Å². The van der Waals surface area contributed by atoms with Gasteiger partial charge in [-0.05, 0) is 33.1 Å². The van der Waals surface area contributed by atoms with Crippen LogP contribution in [0.4, 0.5) is 0 Å². The summed E-state index contributed by atoms with van der Waals surface area (Å²) in [5.41, 5.74) is 1.29. The first-order valence-electron chi connectivity index (χ1n) is 10.1. The highest BCUT2D eigenvalue weighted by Crippen LogP contribution is 2.19. The number of nitrogens with one attached hydrogen (secondary N) is 1. The van der Waals surface area contributed by atoms with Gasteiger partial charge < -0.3 is 4.79 Å². The summed E-state index contributed by atoms with van der Waals surface area (Å²) < 4.78 is 0. The maximum atomic E-state index is 11.6.